The highest BCUT2D eigenvalue weighted by atomic mass is 16.5. The Morgan fingerprint density at radius 3 is 1.90 bits per heavy atom. The Balaban J connectivity index is 0. The third-order valence-electron chi connectivity index (χ3n) is 4.52. The SMILES string of the molecule is C=C.CCCOCCC(C)(C)CNC(=O)CCCCC(=O)NCCCC(C)(C)C. The number of nitrogens with one attached hydrogen (secondary N) is 2. The zero-order valence-corrected chi connectivity index (χ0v) is 20.1. The predicted molar refractivity (Wildman–Crippen MR) is 124 cm³/mol. The number of hydrogen-bond acceptors (Lipinski definition) is 3. The minimum absolute atomic E-state index is 0.0380. The number of hydrogen-bond donors (Lipinski definition) is 2. The second kappa shape index (κ2) is 17.5. The van der Waals surface area contributed by atoms with E-state index in [9.17, 15) is 9.59 Å². The lowest BCUT2D eigenvalue weighted by molar-refractivity contribution is -0.123. The van der Waals surface area contributed by atoms with Gasteiger partial charge in [-0.1, -0.05) is 41.5 Å². The molecule has 0 rings (SSSR count). The molecule has 0 aliphatic rings. The first-order valence-electron chi connectivity index (χ1n) is 11.2. The molecule has 29 heavy (non-hydrogen) atoms. The summed E-state index contributed by atoms with van der Waals surface area (Å²) < 4.78 is 5.53. The minimum atomic E-state index is 0.0380. The quantitative estimate of drug-likeness (QED) is 0.285. The van der Waals surface area contributed by atoms with Gasteiger partial charge in [0.25, 0.3) is 0 Å². The first kappa shape index (κ1) is 29.8. The Morgan fingerprint density at radius 2 is 1.38 bits per heavy atom. The van der Waals surface area contributed by atoms with E-state index in [-0.39, 0.29) is 17.2 Å². The molecule has 5 heteroatoms. The first-order valence-corrected chi connectivity index (χ1v) is 11.2. The molecule has 0 aromatic heterocycles. The van der Waals surface area contributed by atoms with E-state index < -0.39 is 0 Å². The number of carbonyl (C=O) groups is 2. The number of amides is 2. The third-order valence-corrected chi connectivity index (χ3v) is 4.52. The lowest BCUT2D eigenvalue weighted by Crippen LogP contribution is -2.34. The fraction of sp³-hybridized carbons (Fsp3) is 0.833. The van der Waals surface area contributed by atoms with Gasteiger partial charge in [0.1, 0.15) is 0 Å². The molecular weight excluding hydrogens is 364 g/mol. The van der Waals surface area contributed by atoms with E-state index in [4.69, 9.17) is 4.74 Å². The Labute approximate surface area is 180 Å². The Kier molecular flexibility index (Phi) is 18.0. The molecule has 0 saturated carbocycles. The van der Waals surface area contributed by atoms with Crippen LogP contribution in [0, 0.1) is 10.8 Å². The van der Waals surface area contributed by atoms with Gasteiger partial charge in [-0.15, -0.1) is 13.2 Å². The summed E-state index contributed by atoms with van der Waals surface area (Å²) in [5.41, 5.74) is 0.353. The molecule has 0 bridgehead atoms. The van der Waals surface area contributed by atoms with E-state index in [0.29, 0.717) is 24.8 Å². The van der Waals surface area contributed by atoms with Gasteiger partial charge in [0.2, 0.25) is 11.8 Å². The van der Waals surface area contributed by atoms with Gasteiger partial charge < -0.3 is 15.4 Å². The molecule has 2 amide bonds. The molecule has 0 fully saturated rings. The highest BCUT2D eigenvalue weighted by molar-refractivity contribution is 5.77. The second-order valence-corrected chi connectivity index (χ2v) is 9.52. The molecule has 0 heterocycles. The summed E-state index contributed by atoms with van der Waals surface area (Å²) >= 11 is 0. The summed E-state index contributed by atoms with van der Waals surface area (Å²) in [5, 5.41) is 5.98. The normalized spacial score (nSPS) is 11.4. The van der Waals surface area contributed by atoms with Crippen molar-refractivity contribution < 1.29 is 14.3 Å². The Bertz CT molecular complexity index is 428. The predicted octanol–water partition coefficient (Wildman–Crippen LogP) is 5.25. The summed E-state index contributed by atoms with van der Waals surface area (Å²) in [4.78, 5) is 23.8. The summed E-state index contributed by atoms with van der Waals surface area (Å²) in [6.07, 6.45) is 6.58. The summed E-state index contributed by atoms with van der Waals surface area (Å²) in [7, 11) is 0. The standard InChI is InChI=1S/C22H44N2O3.C2H4/c1-7-16-27-17-14-22(5,6)18-24-20(26)12-9-8-11-19(25)23-15-10-13-21(2,3)4;1-2/h7-18H2,1-6H3,(H,23,25)(H,24,26);1-2H2. The lowest BCUT2D eigenvalue weighted by Gasteiger charge is -2.24. The lowest BCUT2D eigenvalue weighted by atomic mass is 9.89. The van der Waals surface area contributed by atoms with Gasteiger partial charge in [0.15, 0.2) is 0 Å². The highest BCUT2D eigenvalue weighted by Gasteiger charge is 2.18. The molecule has 5 nitrogen and oxygen atoms in total. The zero-order valence-electron chi connectivity index (χ0n) is 20.1. The van der Waals surface area contributed by atoms with Crippen LogP contribution in [0.5, 0.6) is 0 Å². The summed E-state index contributed by atoms with van der Waals surface area (Å²) in [6, 6.07) is 0. The van der Waals surface area contributed by atoms with Crippen molar-refractivity contribution in [2.45, 2.75) is 92.9 Å². The van der Waals surface area contributed by atoms with Gasteiger partial charge >= 0.3 is 0 Å². The van der Waals surface area contributed by atoms with Crippen molar-refractivity contribution in [1.29, 1.82) is 0 Å². The molecule has 172 valence electrons. The van der Waals surface area contributed by atoms with Crippen LogP contribution >= 0.6 is 0 Å². The number of ether oxygens (including phenoxy) is 1. The average molecular weight is 413 g/mol. The van der Waals surface area contributed by atoms with Crippen LogP contribution < -0.4 is 10.6 Å². The number of carbonyl (C=O) groups excluding carboxylic acids is 2. The Morgan fingerprint density at radius 1 is 0.828 bits per heavy atom. The van der Waals surface area contributed by atoms with Crippen LogP contribution in [0.1, 0.15) is 92.9 Å². The van der Waals surface area contributed by atoms with Crippen LogP contribution in [0.25, 0.3) is 0 Å². The van der Waals surface area contributed by atoms with Crippen molar-refractivity contribution in [3.63, 3.8) is 0 Å². The molecule has 0 aromatic rings. The van der Waals surface area contributed by atoms with Crippen molar-refractivity contribution in [1.82, 2.24) is 10.6 Å². The molecule has 2 N–H and O–H groups in total. The van der Waals surface area contributed by atoms with Gasteiger partial charge in [-0.3, -0.25) is 9.59 Å². The largest absolute Gasteiger partial charge is 0.381 e. The fourth-order valence-corrected chi connectivity index (χ4v) is 2.62. The maximum absolute atomic E-state index is 12.0. The van der Waals surface area contributed by atoms with Gasteiger partial charge in [-0.2, -0.15) is 0 Å². The van der Waals surface area contributed by atoms with E-state index in [1.54, 1.807) is 0 Å². The van der Waals surface area contributed by atoms with Gasteiger partial charge in [-0.05, 0) is 49.4 Å². The topological polar surface area (TPSA) is 67.4 Å². The van der Waals surface area contributed by atoms with Crippen LogP contribution in [-0.2, 0) is 14.3 Å². The zero-order chi connectivity index (χ0) is 22.8. The smallest absolute Gasteiger partial charge is 0.220 e. The maximum atomic E-state index is 12.0. The average Bonchev–Trinajstić information content (AvgIpc) is 2.65. The fourth-order valence-electron chi connectivity index (χ4n) is 2.62. The van der Waals surface area contributed by atoms with Crippen LogP contribution in [0.3, 0.4) is 0 Å². The Hall–Kier alpha value is -1.36. The molecule has 0 atom stereocenters. The molecule has 0 aliphatic carbocycles. The van der Waals surface area contributed by atoms with E-state index >= 15 is 0 Å². The van der Waals surface area contributed by atoms with E-state index in [2.05, 4.69) is 65.3 Å². The highest BCUT2D eigenvalue weighted by Crippen LogP contribution is 2.20. The molecule has 0 aliphatic heterocycles. The van der Waals surface area contributed by atoms with Crippen LogP contribution in [0.2, 0.25) is 0 Å². The van der Waals surface area contributed by atoms with Crippen LogP contribution in [0.4, 0.5) is 0 Å². The molecule has 0 aromatic carbocycles. The monoisotopic (exact) mass is 412 g/mol. The van der Waals surface area contributed by atoms with Crippen molar-refractivity contribution in [3.8, 4) is 0 Å². The van der Waals surface area contributed by atoms with Crippen molar-refractivity contribution in [2.24, 2.45) is 10.8 Å². The molecule has 0 saturated heterocycles. The number of unbranched alkanes of at least 4 members (excludes halogenated alkanes) is 1. The van der Waals surface area contributed by atoms with Crippen LogP contribution in [0.15, 0.2) is 13.2 Å². The summed E-state index contributed by atoms with van der Waals surface area (Å²) in [5.74, 6) is 0.167. The van der Waals surface area contributed by atoms with E-state index in [0.717, 1.165) is 58.3 Å². The van der Waals surface area contributed by atoms with E-state index in [1.165, 1.54) is 0 Å². The summed E-state index contributed by atoms with van der Waals surface area (Å²) in [6.45, 7) is 22.0. The first-order chi connectivity index (χ1) is 13.6. The van der Waals surface area contributed by atoms with Crippen molar-refractivity contribution >= 4 is 11.8 Å². The minimum Gasteiger partial charge on any atom is -0.381 e. The molecule has 0 radical (unpaired) electrons. The van der Waals surface area contributed by atoms with E-state index in [1.807, 2.05) is 0 Å². The third kappa shape index (κ3) is 22.8. The molecule has 0 spiro atoms. The number of rotatable bonds is 15. The molecular formula is C24H48N2O3. The van der Waals surface area contributed by atoms with Crippen molar-refractivity contribution in [2.75, 3.05) is 26.3 Å². The van der Waals surface area contributed by atoms with Gasteiger partial charge in [-0.25, -0.2) is 0 Å². The molecule has 0 unspecified atom stereocenters. The van der Waals surface area contributed by atoms with Crippen molar-refractivity contribution in [3.05, 3.63) is 13.2 Å². The maximum Gasteiger partial charge on any atom is 0.220 e. The van der Waals surface area contributed by atoms with Crippen LogP contribution in [-0.4, -0.2) is 38.1 Å². The second-order valence-electron chi connectivity index (χ2n) is 9.52. The van der Waals surface area contributed by atoms with Gasteiger partial charge in [0.05, 0.1) is 0 Å². The van der Waals surface area contributed by atoms with Gasteiger partial charge in [0, 0.05) is 39.1 Å².